The van der Waals surface area contributed by atoms with Crippen LogP contribution in [0.1, 0.15) is 25.7 Å². The van der Waals surface area contributed by atoms with Gasteiger partial charge in [0.25, 0.3) is 5.56 Å². The fourth-order valence-corrected chi connectivity index (χ4v) is 3.56. The maximum absolute atomic E-state index is 13.5. The quantitative estimate of drug-likeness (QED) is 0.316. The van der Waals surface area contributed by atoms with Crippen LogP contribution in [0.5, 0.6) is 5.75 Å². The molecule has 2 aromatic carbocycles. The minimum Gasteiger partial charge on any atom is -0.494 e. The third-order valence-electron chi connectivity index (χ3n) is 5.38. The molecule has 0 saturated heterocycles. The van der Waals surface area contributed by atoms with E-state index in [1.54, 1.807) is 35.1 Å². The maximum Gasteiger partial charge on any atom is 0.277 e. The second-order valence-corrected chi connectivity index (χ2v) is 7.84. The van der Waals surface area contributed by atoms with E-state index in [0.717, 1.165) is 24.2 Å². The summed E-state index contributed by atoms with van der Waals surface area (Å²) in [6, 6.07) is 15.3. The minimum atomic E-state index is -0.388. The second kappa shape index (κ2) is 9.30. The first-order chi connectivity index (χ1) is 16.6. The molecule has 34 heavy (non-hydrogen) atoms. The number of unbranched alkanes of at least 4 members (excludes halogenated alkanes) is 1. The largest absolute Gasteiger partial charge is 0.494 e. The lowest BCUT2D eigenvalue weighted by atomic mass is 10.1. The van der Waals surface area contributed by atoms with Crippen molar-refractivity contribution in [2.24, 2.45) is 0 Å². The molecule has 0 fully saturated rings. The minimum absolute atomic E-state index is 0.0853. The fourth-order valence-electron chi connectivity index (χ4n) is 3.56. The number of fused-ring (bicyclic) bond motifs is 1. The number of halogens is 1. The summed E-state index contributed by atoms with van der Waals surface area (Å²) in [4.78, 5) is 17.3. The smallest absolute Gasteiger partial charge is 0.277 e. The first-order valence-corrected chi connectivity index (χ1v) is 11.0. The van der Waals surface area contributed by atoms with E-state index >= 15 is 0 Å². The highest BCUT2D eigenvalue weighted by atomic mass is 19.1. The maximum atomic E-state index is 13.5. The van der Waals surface area contributed by atoms with Gasteiger partial charge in [0.1, 0.15) is 23.6 Å². The molecule has 0 spiro atoms. The molecule has 8 nitrogen and oxygen atoms in total. The average Bonchev–Trinajstić information content (AvgIpc) is 3.49. The van der Waals surface area contributed by atoms with Crippen molar-refractivity contribution in [3.05, 3.63) is 89.1 Å². The summed E-state index contributed by atoms with van der Waals surface area (Å²) in [7, 11) is 0. The standard InChI is InChI=1S/C25H22FN5O3/c1-2-3-13-33-20-9-7-17(8-10-20)21-15-22-25(32)30(11-12-31(22)28-21)16-23-27-24(29-34-23)18-5-4-6-19(26)14-18/h4-12,14-15H,2-3,13,16H2,1H3. The Morgan fingerprint density at radius 1 is 1.06 bits per heavy atom. The van der Waals surface area contributed by atoms with Gasteiger partial charge in [0.05, 0.1) is 12.3 Å². The third-order valence-corrected chi connectivity index (χ3v) is 5.38. The van der Waals surface area contributed by atoms with E-state index in [1.165, 1.54) is 16.7 Å². The molecule has 0 bridgehead atoms. The predicted octanol–water partition coefficient (Wildman–Crippen LogP) is 4.58. The lowest BCUT2D eigenvalue weighted by Gasteiger charge is -2.05. The van der Waals surface area contributed by atoms with E-state index in [9.17, 15) is 9.18 Å². The van der Waals surface area contributed by atoms with E-state index in [-0.39, 0.29) is 29.6 Å². The highest BCUT2D eigenvalue weighted by Crippen LogP contribution is 2.22. The highest BCUT2D eigenvalue weighted by molar-refractivity contribution is 5.66. The summed E-state index contributed by atoms with van der Waals surface area (Å²) in [5.74, 6) is 0.919. The molecule has 0 saturated carbocycles. The average molecular weight is 459 g/mol. The molecule has 0 unspecified atom stereocenters. The molecule has 0 atom stereocenters. The molecule has 0 radical (unpaired) electrons. The topological polar surface area (TPSA) is 87.5 Å². The molecule has 0 aliphatic heterocycles. The lowest BCUT2D eigenvalue weighted by Crippen LogP contribution is -2.21. The van der Waals surface area contributed by atoms with Crippen LogP contribution >= 0.6 is 0 Å². The Morgan fingerprint density at radius 2 is 1.91 bits per heavy atom. The van der Waals surface area contributed by atoms with E-state index in [2.05, 4.69) is 22.2 Å². The van der Waals surface area contributed by atoms with Crippen LogP contribution in [-0.4, -0.2) is 30.9 Å². The van der Waals surface area contributed by atoms with Gasteiger partial charge in [-0.15, -0.1) is 0 Å². The molecule has 0 aliphatic rings. The van der Waals surface area contributed by atoms with Crippen LogP contribution in [0.4, 0.5) is 4.39 Å². The second-order valence-electron chi connectivity index (χ2n) is 7.84. The van der Waals surface area contributed by atoms with Crippen molar-refractivity contribution in [1.82, 2.24) is 24.3 Å². The predicted molar refractivity (Wildman–Crippen MR) is 124 cm³/mol. The van der Waals surface area contributed by atoms with Crippen molar-refractivity contribution in [2.75, 3.05) is 6.61 Å². The zero-order valence-corrected chi connectivity index (χ0v) is 18.5. The number of hydrogen-bond donors (Lipinski definition) is 0. The lowest BCUT2D eigenvalue weighted by molar-refractivity contribution is 0.309. The van der Waals surface area contributed by atoms with Crippen LogP contribution in [0.25, 0.3) is 28.2 Å². The summed E-state index contributed by atoms with van der Waals surface area (Å²) in [5.41, 5.74) is 2.24. The van der Waals surface area contributed by atoms with Crippen molar-refractivity contribution in [3.63, 3.8) is 0 Å². The molecule has 0 aliphatic carbocycles. The zero-order chi connectivity index (χ0) is 23.5. The monoisotopic (exact) mass is 459 g/mol. The Hall–Kier alpha value is -4.27. The molecule has 3 aromatic heterocycles. The van der Waals surface area contributed by atoms with Gasteiger partial charge in [-0.1, -0.05) is 30.6 Å². The summed E-state index contributed by atoms with van der Waals surface area (Å²) in [6.07, 6.45) is 5.41. The van der Waals surface area contributed by atoms with E-state index < -0.39 is 0 Å². The van der Waals surface area contributed by atoms with Gasteiger partial charge < -0.3 is 13.8 Å². The highest BCUT2D eigenvalue weighted by Gasteiger charge is 2.13. The Bertz CT molecular complexity index is 1490. The van der Waals surface area contributed by atoms with E-state index in [0.29, 0.717) is 23.4 Å². The van der Waals surface area contributed by atoms with E-state index in [4.69, 9.17) is 9.26 Å². The van der Waals surface area contributed by atoms with Crippen LogP contribution in [0.15, 0.2) is 76.3 Å². The number of nitrogens with zero attached hydrogens (tertiary/aromatic N) is 5. The van der Waals surface area contributed by atoms with Gasteiger partial charge in [-0.2, -0.15) is 10.1 Å². The number of hydrogen-bond acceptors (Lipinski definition) is 6. The first kappa shape index (κ1) is 21.6. The van der Waals surface area contributed by atoms with Crippen molar-refractivity contribution >= 4 is 5.52 Å². The molecular weight excluding hydrogens is 437 g/mol. The molecule has 5 aromatic rings. The first-order valence-electron chi connectivity index (χ1n) is 11.0. The summed E-state index contributed by atoms with van der Waals surface area (Å²) >= 11 is 0. The SMILES string of the molecule is CCCCOc1ccc(-c2cc3c(=O)n(Cc4nc(-c5cccc(F)c5)no4)ccn3n2)cc1. The molecule has 0 amide bonds. The van der Waals surface area contributed by atoms with Crippen molar-refractivity contribution < 1.29 is 13.7 Å². The summed E-state index contributed by atoms with van der Waals surface area (Å²) < 4.78 is 27.5. The van der Waals surface area contributed by atoms with Crippen LogP contribution in [-0.2, 0) is 6.54 Å². The molecule has 3 heterocycles. The Balaban J connectivity index is 1.37. The molecular formula is C25H22FN5O3. The number of benzene rings is 2. The van der Waals surface area contributed by atoms with Gasteiger partial charge in [-0.3, -0.25) is 4.79 Å². The Labute approximate surface area is 194 Å². The molecule has 5 rings (SSSR count). The molecule has 9 heteroatoms. The molecule has 0 N–H and O–H groups in total. The van der Waals surface area contributed by atoms with Crippen molar-refractivity contribution in [2.45, 2.75) is 26.3 Å². The van der Waals surface area contributed by atoms with Crippen molar-refractivity contribution in [3.8, 4) is 28.4 Å². The summed E-state index contributed by atoms with van der Waals surface area (Å²) in [6.45, 7) is 2.89. The van der Waals surface area contributed by atoms with E-state index in [1.807, 2.05) is 24.3 Å². The van der Waals surface area contributed by atoms with Gasteiger partial charge in [0.2, 0.25) is 11.7 Å². The van der Waals surface area contributed by atoms with Gasteiger partial charge in [0, 0.05) is 23.5 Å². The third kappa shape index (κ3) is 4.45. The van der Waals surface area contributed by atoms with Crippen LogP contribution < -0.4 is 10.3 Å². The van der Waals surface area contributed by atoms with Crippen molar-refractivity contribution in [1.29, 1.82) is 0 Å². The number of ether oxygens (including phenoxy) is 1. The van der Waals surface area contributed by atoms with Gasteiger partial charge in [-0.05, 0) is 48.9 Å². The normalized spacial score (nSPS) is 11.2. The fraction of sp³-hybridized carbons (Fsp3) is 0.200. The summed E-state index contributed by atoms with van der Waals surface area (Å²) in [5, 5.41) is 8.42. The van der Waals surface area contributed by atoms with Crippen LogP contribution in [0.3, 0.4) is 0 Å². The molecule has 172 valence electrons. The van der Waals surface area contributed by atoms with Crippen LogP contribution in [0.2, 0.25) is 0 Å². The Morgan fingerprint density at radius 3 is 2.71 bits per heavy atom. The Kier molecular flexibility index (Phi) is 5.90. The van der Waals surface area contributed by atoms with Gasteiger partial charge in [-0.25, -0.2) is 8.91 Å². The van der Waals surface area contributed by atoms with Crippen LogP contribution in [0, 0.1) is 5.82 Å². The number of aromatic nitrogens is 5. The number of rotatable bonds is 8. The van der Waals surface area contributed by atoms with Gasteiger partial charge in [0.15, 0.2) is 0 Å². The van der Waals surface area contributed by atoms with Gasteiger partial charge >= 0.3 is 0 Å². The zero-order valence-electron chi connectivity index (χ0n) is 18.5.